The van der Waals surface area contributed by atoms with Gasteiger partial charge >= 0.3 is 0 Å². The third-order valence-electron chi connectivity index (χ3n) is 8.08. The average molecular weight is 582 g/mol. The van der Waals surface area contributed by atoms with E-state index in [2.05, 4.69) is 36.4 Å². The number of imide groups is 1. The number of rotatable bonds is 11. The van der Waals surface area contributed by atoms with Crippen LogP contribution in [0.25, 0.3) is 0 Å². The van der Waals surface area contributed by atoms with Crippen molar-refractivity contribution >= 4 is 11.8 Å². The van der Waals surface area contributed by atoms with Crippen molar-refractivity contribution in [3.05, 3.63) is 179 Å². The fraction of sp³-hybridized carbons (Fsp3) is 0.200. The van der Waals surface area contributed by atoms with Crippen LogP contribution in [0.15, 0.2) is 146 Å². The Bertz CT molecular complexity index is 1570. The molecule has 0 radical (unpaired) electrons. The molecule has 2 unspecified atom stereocenters. The molecule has 0 saturated heterocycles. The molecule has 1 heterocycles. The Kier molecular flexibility index (Phi) is 10.9. The zero-order valence-electron chi connectivity index (χ0n) is 25.0. The quantitative estimate of drug-likeness (QED) is 0.159. The fourth-order valence-corrected chi connectivity index (χ4v) is 5.74. The van der Waals surface area contributed by atoms with Crippen molar-refractivity contribution in [2.24, 2.45) is 0 Å². The van der Waals surface area contributed by atoms with Crippen molar-refractivity contribution in [2.75, 3.05) is 0 Å². The molecule has 0 aliphatic carbocycles. The van der Waals surface area contributed by atoms with Crippen molar-refractivity contribution in [1.82, 2.24) is 4.90 Å². The van der Waals surface area contributed by atoms with E-state index in [1.54, 1.807) is 24.3 Å². The Labute approximate surface area is 260 Å². The van der Waals surface area contributed by atoms with E-state index < -0.39 is 0 Å². The Hall–Kier alpha value is -4.80. The highest BCUT2D eigenvalue weighted by Gasteiger charge is 2.40. The second-order valence-electron chi connectivity index (χ2n) is 11.1. The summed E-state index contributed by atoms with van der Waals surface area (Å²) >= 11 is 0. The summed E-state index contributed by atoms with van der Waals surface area (Å²) in [6, 6.07) is 47.3. The van der Waals surface area contributed by atoms with Crippen LogP contribution >= 0.6 is 0 Å². The number of amides is 2. The first-order valence-electron chi connectivity index (χ1n) is 15.4. The SMILES string of the molecule is O=C1c2ccccc2C(=O)N1C(CCCc1ccccc1)c1ccccc1.OC(CCCc1ccccc1)c1ccccc1. The predicted octanol–water partition coefficient (Wildman–Crippen LogP) is 8.79. The minimum absolute atomic E-state index is 0.191. The van der Waals surface area contributed by atoms with E-state index in [0.29, 0.717) is 11.1 Å². The van der Waals surface area contributed by atoms with Gasteiger partial charge in [0, 0.05) is 0 Å². The van der Waals surface area contributed by atoms with Gasteiger partial charge in [-0.25, -0.2) is 0 Å². The van der Waals surface area contributed by atoms with Gasteiger partial charge in [0.2, 0.25) is 0 Å². The number of hydrogen-bond donors (Lipinski definition) is 1. The van der Waals surface area contributed by atoms with E-state index in [-0.39, 0.29) is 24.0 Å². The van der Waals surface area contributed by atoms with Crippen molar-refractivity contribution in [3.8, 4) is 0 Å². The molecule has 2 atom stereocenters. The predicted molar refractivity (Wildman–Crippen MR) is 176 cm³/mol. The molecule has 0 fully saturated rings. The lowest BCUT2D eigenvalue weighted by atomic mass is 9.97. The van der Waals surface area contributed by atoms with Gasteiger partial charge in [-0.1, -0.05) is 133 Å². The molecule has 2 amide bonds. The molecule has 5 aromatic carbocycles. The summed E-state index contributed by atoms with van der Waals surface area (Å²) in [4.78, 5) is 27.4. The normalized spacial score (nSPS) is 13.5. The van der Waals surface area contributed by atoms with E-state index in [4.69, 9.17) is 0 Å². The van der Waals surface area contributed by atoms with E-state index in [1.165, 1.54) is 16.0 Å². The van der Waals surface area contributed by atoms with Crippen LogP contribution in [-0.2, 0) is 12.8 Å². The van der Waals surface area contributed by atoms with Crippen LogP contribution in [0, 0.1) is 0 Å². The van der Waals surface area contributed by atoms with Crippen molar-refractivity contribution in [3.63, 3.8) is 0 Å². The first kappa shape index (κ1) is 30.7. The van der Waals surface area contributed by atoms with E-state index in [9.17, 15) is 14.7 Å². The number of nitrogens with zero attached hydrogens (tertiary/aromatic N) is 1. The molecular formula is C40H39NO3. The van der Waals surface area contributed by atoms with Crippen LogP contribution in [0.4, 0.5) is 0 Å². The lowest BCUT2D eigenvalue weighted by Crippen LogP contribution is -2.34. The van der Waals surface area contributed by atoms with Crippen molar-refractivity contribution < 1.29 is 14.7 Å². The number of carbonyl (C=O) groups excluding carboxylic acids is 2. The number of carbonyl (C=O) groups is 2. The molecule has 0 bridgehead atoms. The van der Waals surface area contributed by atoms with Gasteiger partial charge in [-0.15, -0.1) is 0 Å². The lowest BCUT2D eigenvalue weighted by Gasteiger charge is -2.27. The standard InChI is InChI=1S/C24H21NO2.C16H18O/c26-23-20-15-7-8-16-21(20)24(27)25(23)22(19-13-5-2-6-14-19)17-9-12-18-10-3-1-4-11-18;17-16(15-11-5-2-6-12-15)13-7-10-14-8-3-1-4-9-14/h1-8,10-11,13-16,22H,9,12,17H2;1-6,8-9,11-12,16-17H,7,10,13H2. The summed E-state index contributed by atoms with van der Waals surface area (Å²) in [7, 11) is 0. The molecule has 222 valence electrons. The zero-order valence-corrected chi connectivity index (χ0v) is 25.0. The minimum atomic E-state index is -0.333. The number of aryl methyl sites for hydroxylation is 2. The minimum Gasteiger partial charge on any atom is -0.388 e. The van der Waals surface area contributed by atoms with E-state index >= 15 is 0 Å². The van der Waals surface area contributed by atoms with Gasteiger partial charge in [-0.3, -0.25) is 14.5 Å². The monoisotopic (exact) mass is 581 g/mol. The molecule has 0 saturated carbocycles. The van der Waals surface area contributed by atoms with Crippen LogP contribution < -0.4 is 0 Å². The molecule has 0 spiro atoms. The molecule has 0 aromatic heterocycles. The van der Waals surface area contributed by atoms with Gasteiger partial charge in [0.25, 0.3) is 11.8 Å². The number of fused-ring (bicyclic) bond motifs is 1. The van der Waals surface area contributed by atoms with Crippen LogP contribution in [0.2, 0.25) is 0 Å². The molecule has 6 rings (SSSR count). The highest BCUT2D eigenvalue weighted by atomic mass is 16.3. The second kappa shape index (κ2) is 15.6. The molecule has 1 aliphatic rings. The summed E-state index contributed by atoms with van der Waals surface area (Å²) in [5, 5.41) is 10.00. The average Bonchev–Trinajstić information content (AvgIpc) is 3.34. The van der Waals surface area contributed by atoms with Crippen LogP contribution in [0.1, 0.15) is 80.8 Å². The Morgan fingerprint density at radius 2 is 0.864 bits per heavy atom. The summed E-state index contributed by atoms with van der Waals surface area (Å²) in [6.45, 7) is 0. The molecule has 44 heavy (non-hydrogen) atoms. The summed E-state index contributed by atoms with van der Waals surface area (Å²) in [6.07, 6.45) is 5.10. The maximum absolute atomic E-state index is 13.0. The second-order valence-corrected chi connectivity index (χ2v) is 11.1. The number of aliphatic hydroxyl groups is 1. The van der Waals surface area contributed by atoms with Crippen LogP contribution in [-0.4, -0.2) is 21.8 Å². The molecular weight excluding hydrogens is 542 g/mol. The number of aliphatic hydroxyl groups excluding tert-OH is 1. The van der Waals surface area contributed by atoms with E-state index in [0.717, 1.165) is 49.7 Å². The zero-order chi connectivity index (χ0) is 30.6. The maximum Gasteiger partial charge on any atom is 0.262 e. The number of benzene rings is 5. The fourth-order valence-electron chi connectivity index (χ4n) is 5.74. The van der Waals surface area contributed by atoms with Gasteiger partial charge in [0.05, 0.1) is 23.3 Å². The van der Waals surface area contributed by atoms with E-state index in [1.807, 2.05) is 84.9 Å². The first-order chi connectivity index (χ1) is 21.6. The van der Waals surface area contributed by atoms with Crippen LogP contribution in [0.5, 0.6) is 0 Å². The van der Waals surface area contributed by atoms with Crippen molar-refractivity contribution in [1.29, 1.82) is 0 Å². The van der Waals surface area contributed by atoms with Crippen molar-refractivity contribution in [2.45, 2.75) is 50.7 Å². The van der Waals surface area contributed by atoms with Gasteiger partial charge in [-0.2, -0.15) is 0 Å². The summed E-state index contributed by atoms with van der Waals surface area (Å²) in [5.41, 5.74) is 5.64. The van der Waals surface area contributed by atoms with Gasteiger partial charge in [0.15, 0.2) is 0 Å². The molecule has 1 N–H and O–H groups in total. The molecule has 4 nitrogen and oxygen atoms in total. The Balaban J connectivity index is 0.000000195. The highest BCUT2D eigenvalue weighted by Crippen LogP contribution is 2.34. The third-order valence-corrected chi connectivity index (χ3v) is 8.08. The summed E-state index contributed by atoms with van der Waals surface area (Å²) < 4.78 is 0. The largest absolute Gasteiger partial charge is 0.388 e. The smallest absolute Gasteiger partial charge is 0.262 e. The van der Waals surface area contributed by atoms with Gasteiger partial charge in [-0.05, 0) is 72.9 Å². The lowest BCUT2D eigenvalue weighted by molar-refractivity contribution is 0.0572. The number of hydrogen-bond acceptors (Lipinski definition) is 3. The molecule has 5 aromatic rings. The molecule has 1 aliphatic heterocycles. The van der Waals surface area contributed by atoms with Gasteiger partial charge in [0.1, 0.15) is 0 Å². The Morgan fingerprint density at radius 1 is 0.477 bits per heavy atom. The van der Waals surface area contributed by atoms with Gasteiger partial charge < -0.3 is 5.11 Å². The van der Waals surface area contributed by atoms with Crippen LogP contribution in [0.3, 0.4) is 0 Å². The maximum atomic E-state index is 13.0. The topological polar surface area (TPSA) is 57.6 Å². The molecule has 4 heteroatoms. The Morgan fingerprint density at radius 3 is 1.34 bits per heavy atom. The summed E-state index contributed by atoms with van der Waals surface area (Å²) in [5.74, 6) is -0.381. The third kappa shape index (κ3) is 7.97. The first-order valence-corrected chi connectivity index (χ1v) is 15.4. The highest BCUT2D eigenvalue weighted by molar-refractivity contribution is 6.21.